The predicted octanol–water partition coefficient (Wildman–Crippen LogP) is 0.519. The Morgan fingerprint density at radius 1 is 1.17 bits per heavy atom. The molecule has 2 aliphatic rings. The molecule has 182 valence electrons. The largest absolute Gasteiger partial charge is 0.365 e. The number of hydrogen-bond acceptors (Lipinski definition) is 7. The lowest BCUT2D eigenvalue weighted by molar-refractivity contribution is -0.136. The molecule has 0 spiro atoms. The lowest BCUT2D eigenvalue weighted by Gasteiger charge is -2.29. The van der Waals surface area contributed by atoms with E-state index in [0.29, 0.717) is 16.8 Å². The second-order valence-corrected chi connectivity index (χ2v) is 8.27. The molecule has 5 rings (SSSR count). The molecule has 0 saturated carbocycles. The standard InChI is InChI=1S/C23H18FN7O5/c24-14-2-1-3-15(19(14)20(25)33)26-21(34)16-10-31(29-28-16)12-5-4-11-9-30(23(36)13(11)8-12)17-6-7-18(32)27-22(17)35/h1-5,8,10,17H,6-7,9H2,(H2,25,33)(H,26,34)(H,27,32,35). The molecule has 0 radical (unpaired) electrons. The van der Waals surface area contributed by atoms with E-state index in [4.69, 9.17) is 5.73 Å². The molecule has 1 saturated heterocycles. The minimum atomic E-state index is -1.04. The highest BCUT2D eigenvalue weighted by molar-refractivity contribution is 6.08. The molecule has 12 nitrogen and oxygen atoms in total. The van der Waals surface area contributed by atoms with Crippen LogP contribution < -0.4 is 16.4 Å². The maximum Gasteiger partial charge on any atom is 0.277 e. The first-order chi connectivity index (χ1) is 17.2. The molecule has 1 unspecified atom stereocenters. The van der Waals surface area contributed by atoms with Crippen LogP contribution in [0.4, 0.5) is 10.1 Å². The lowest BCUT2D eigenvalue weighted by atomic mass is 10.0. The summed E-state index contributed by atoms with van der Waals surface area (Å²) in [5, 5.41) is 12.4. The molecule has 3 heterocycles. The van der Waals surface area contributed by atoms with Crippen molar-refractivity contribution in [2.45, 2.75) is 25.4 Å². The molecule has 4 N–H and O–H groups in total. The zero-order valence-corrected chi connectivity index (χ0v) is 18.5. The van der Waals surface area contributed by atoms with Gasteiger partial charge in [-0.3, -0.25) is 29.3 Å². The number of fused-ring (bicyclic) bond motifs is 1. The van der Waals surface area contributed by atoms with Gasteiger partial charge in [0, 0.05) is 18.5 Å². The van der Waals surface area contributed by atoms with Gasteiger partial charge in [0.05, 0.1) is 23.1 Å². The summed E-state index contributed by atoms with van der Waals surface area (Å²) in [5.41, 5.74) is 6.00. The van der Waals surface area contributed by atoms with E-state index < -0.39 is 35.1 Å². The number of nitrogens with one attached hydrogen (secondary N) is 2. The first kappa shape index (κ1) is 22.8. The van der Waals surface area contributed by atoms with Crippen LogP contribution in [0.25, 0.3) is 5.69 Å². The van der Waals surface area contributed by atoms with Gasteiger partial charge in [-0.1, -0.05) is 17.3 Å². The summed E-state index contributed by atoms with van der Waals surface area (Å²) in [6, 6.07) is 7.90. The van der Waals surface area contributed by atoms with Gasteiger partial charge in [-0.2, -0.15) is 0 Å². The van der Waals surface area contributed by atoms with Gasteiger partial charge in [0.2, 0.25) is 11.8 Å². The summed E-state index contributed by atoms with van der Waals surface area (Å²) < 4.78 is 15.2. The van der Waals surface area contributed by atoms with Crippen LogP contribution >= 0.6 is 0 Å². The minimum absolute atomic E-state index is 0.112. The van der Waals surface area contributed by atoms with Gasteiger partial charge in [0.15, 0.2) is 5.69 Å². The Hall–Kier alpha value is -4.94. The Kier molecular flexibility index (Phi) is 5.51. The Labute approximate surface area is 202 Å². The van der Waals surface area contributed by atoms with Crippen molar-refractivity contribution in [1.82, 2.24) is 25.2 Å². The van der Waals surface area contributed by atoms with Crippen LogP contribution in [0, 0.1) is 5.82 Å². The number of halogens is 1. The van der Waals surface area contributed by atoms with E-state index in [2.05, 4.69) is 20.9 Å². The van der Waals surface area contributed by atoms with Crippen molar-refractivity contribution in [3.8, 4) is 5.69 Å². The Morgan fingerprint density at radius 3 is 2.72 bits per heavy atom. The summed E-state index contributed by atoms with van der Waals surface area (Å²) in [5.74, 6) is -3.89. The molecule has 2 aromatic carbocycles. The van der Waals surface area contributed by atoms with Crippen molar-refractivity contribution in [3.05, 3.63) is 70.8 Å². The molecule has 1 fully saturated rings. The number of aromatic nitrogens is 3. The van der Waals surface area contributed by atoms with Crippen LogP contribution in [0.1, 0.15) is 49.6 Å². The molecular formula is C23H18FN7O5. The van der Waals surface area contributed by atoms with Crippen LogP contribution in [0.2, 0.25) is 0 Å². The summed E-state index contributed by atoms with van der Waals surface area (Å²) >= 11 is 0. The Balaban J connectivity index is 1.35. The van der Waals surface area contributed by atoms with E-state index in [0.717, 1.165) is 6.07 Å². The van der Waals surface area contributed by atoms with Gasteiger partial charge in [-0.25, -0.2) is 9.07 Å². The number of imide groups is 1. The Bertz CT molecular complexity index is 1470. The molecule has 0 bridgehead atoms. The van der Waals surface area contributed by atoms with Crippen molar-refractivity contribution in [3.63, 3.8) is 0 Å². The first-order valence-electron chi connectivity index (χ1n) is 10.8. The number of anilines is 1. The average Bonchev–Trinajstić information content (AvgIpc) is 3.44. The topological polar surface area (TPSA) is 169 Å². The number of nitrogens with two attached hydrogens (primary N) is 1. The maximum absolute atomic E-state index is 14.0. The fourth-order valence-corrected chi connectivity index (χ4v) is 4.24. The molecule has 1 atom stereocenters. The van der Waals surface area contributed by atoms with E-state index in [-0.39, 0.29) is 42.6 Å². The molecule has 1 aromatic heterocycles. The number of benzene rings is 2. The fraction of sp³-hybridized carbons (Fsp3) is 0.174. The number of nitrogens with zero attached hydrogens (tertiary/aromatic N) is 4. The molecule has 3 aromatic rings. The van der Waals surface area contributed by atoms with E-state index in [1.165, 1.54) is 27.9 Å². The summed E-state index contributed by atoms with van der Waals surface area (Å²) in [4.78, 5) is 62.3. The van der Waals surface area contributed by atoms with Gasteiger partial charge in [-0.15, -0.1) is 5.10 Å². The van der Waals surface area contributed by atoms with Crippen molar-refractivity contribution < 1.29 is 28.4 Å². The van der Waals surface area contributed by atoms with E-state index in [9.17, 15) is 28.4 Å². The third kappa shape index (κ3) is 3.96. The minimum Gasteiger partial charge on any atom is -0.365 e. The SMILES string of the molecule is NC(=O)c1c(F)cccc1NC(=O)c1cn(-c2ccc3c(c2)C(=O)N(C2CCC(=O)NC2=O)C3)nn1. The highest BCUT2D eigenvalue weighted by atomic mass is 19.1. The summed E-state index contributed by atoms with van der Waals surface area (Å²) in [6.07, 6.45) is 1.71. The average molecular weight is 491 g/mol. The highest BCUT2D eigenvalue weighted by Crippen LogP contribution is 2.29. The van der Waals surface area contributed by atoms with Gasteiger partial charge in [0.25, 0.3) is 17.7 Å². The Morgan fingerprint density at radius 2 is 1.97 bits per heavy atom. The van der Waals surface area contributed by atoms with Crippen molar-refractivity contribution in [1.29, 1.82) is 0 Å². The quantitative estimate of drug-likeness (QED) is 0.437. The number of piperidine rings is 1. The zero-order valence-electron chi connectivity index (χ0n) is 18.5. The molecular weight excluding hydrogens is 473 g/mol. The van der Waals surface area contributed by atoms with Crippen molar-refractivity contribution in [2.75, 3.05) is 5.32 Å². The third-order valence-corrected chi connectivity index (χ3v) is 6.01. The number of amides is 5. The zero-order chi connectivity index (χ0) is 25.6. The smallest absolute Gasteiger partial charge is 0.277 e. The van der Waals surface area contributed by atoms with E-state index in [1.807, 2.05) is 0 Å². The van der Waals surface area contributed by atoms with Crippen LogP contribution in [-0.4, -0.2) is 55.5 Å². The second-order valence-electron chi connectivity index (χ2n) is 8.27. The molecule has 13 heteroatoms. The first-order valence-corrected chi connectivity index (χ1v) is 10.8. The van der Waals surface area contributed by atoms with Crippen LogP contribution in [0.5, 0.6) is 0 Å². The van der Waals surface area contributed by atoms with Gasteiger partial charge in [0.1, 0.15) is 11.9 Å². The highest BCUT2D eigenvalue weighted by Gasteiger charge is 2.39. The molecule has 5 amide bonds. The van der Waals surface area contributed by atoms with Crippen LogP contribution in [0.15, 0.2) is 42.6 Å². The maximum atomic E-state index is 14.0. The number of primary amides is 1. The van der Waals surface area contributed by atoms with Gasteiger partial charge in [-0.05, 0) is 36.2 Å². The molecule has 36 heavy (non-hydrogen) atoms. The van der Waals surface area contributed by atoms with Crippen LogP contribution in [-0.2, 0) is 16.1 Å². The van der Waals surface area contributed by atoms with Gasteiger partial charge >= 0.3 is 0 Å². The van der Waals surface area contributed by atoms with E-state index in [1.54, 1.807) is 18.2 Å². The number of rotatable bonds is 5. The number of carbonyl (C=O) groups is 5. The van der Waals surface area contributed by atoms with Crippen molar-refractivity contribution >= 4 is 35.2 Å². The molecule has 0 aliphatic carbocycles. The summed E-state index contributed by atoms with van der Waals surface area (Å²) in [6.45, 7) is 0.224. The second kappa shape index (κ2) is 8.69. The number of carbonyl (C=O) groups excluding carboxylic acids is 5. The monoisotopic (exact) mass is 491 g/mol. The van der Waals surface area contributed by atoms with Crippen molar-refractivity contribution in [2.24, 2.45) is 5.73 Å². The molecule has 2 aliphatic heterocycles. The predicted molar refractivity (Wildman–Crippen MR) is 120 cm³/mol. The fourth-order valence-electron chi connectivity index (χ4n) is 4.24. The lowest BCUT2D eigenvalue weighted by Crippen LogP contribution is -2.52. The van der Waals surface area contributed by atoms with Gasteiger partial charge < -0.3 is 16.0 Å². The van der Waals surface area contributed by atoms with E-state index >= 15 is 0 Å². The normalized spacial score (nSPS) is 17.1. The number of hydrogen-bond donors (Lipinski definition) is 3. The van der Waals surface area contributed by atoms with Crippen LogP contribution in [0.3, 0.4) is 0 Å². The third-order valence-electron chi connectivity index (χ3n) is 6.01. The summed E-state index contributed by atoms with van der Waals surface area (Å²) in [7, 11) is 0.